The topological polar surface area (TPSA) is 76.9 Å². The Labute approximate surface area is 231 Å². The molecular weight excluding hydrogens is 492 g/mol. The number of benzene rings is 1. The normalized spacial score (nSPS) is 22.3. The average molecular weight is 535 g/mol. The lowest BCUT2D eigenvalue weighted by molar-refractivity contribution is -0.120. The Morgan fingerprint density at radius 1 is 1.00 bits per heavy atom. The van der Waals surface area contributed by atoms with Gasteiger partial charge in [-0.15, -0.1) is 0 Å². The second-order valence-electron chi connectivity index (χ2n) is 12.9. The fourth-order valence-corrected chi connectivity index (χ4v) is 6.00. The van der Waals surface area contributed by atoms with E-state index in [0.29, 0.717) is 13.1 Å². The third-order valence-electron chi connectivity index (χ3n) is 8.65. The van der Waals surface area contributed by atoms with Crippen molar-refractivity contribution < 1.29 is 19.1 Å². The molecule has 39 heavy (non-hydrogen) atoms. The predicted molar refractivity (Wildman–Crippen MR) is 150 cm³/mol. The van der Waals surface area contributed by atoms with Crippen LogP contribution < -0.4 is 9.64 Å². The summed E-state index contributed by atoms with van der Waals surface area (Å²) in [6.45, 7) is 9.18. The van der Waals surface area contributed by atoms with Crippen LogP contribution in [-0.2, 0) is 16.0 Å². The molecule has 1 aromatic heterocycles. The Morgan fingerprint density at radius 2 is 1.74 bits per heavy atom. The van der Waals surface area contributed by atoms with Crippen LogP contribution in [0.1, 0.15) is 90.7 Å². The first-order valence-electron chi connectivity index (χ1n) is 14.9. The standard InChI is InChI=1S/C31H42N4O4/c1-20-8-11-26-27(35(20)29(36)21-9-10-21)13-12-25(28(26)38-24-6-5-7-24)22-18-32-34(19-22)23-14-16-33(17-15-23)30(37)39-31(2,3)4/h12-13,18-21,23-24H,5-11,14-17H2,1-4H3. The Bertz CT molecular complexity index is 1230. The first-order chi connectivity index (χ1) is 18.7. The number of carbonyl (C=O) groups is 2. The molecule has 8 nitrogen and oxygen atoms in total. The van der Waals surface area contributed by atoms with Crippen molar-refractivity contribution >= 4 is 17.7 Å². The van der Waals surface area contributed by atoms with Crippen LogP contribution in [0.2, 0.25) is 0 Å². The van der Waals surface area contributed by atoms with Crippen molar-refractivity contribution in [1.29, 1.82) is 0 Å². The fourth-order valence-electron chi connectivity index (χ4n) is 6.00. The zero-order chi connectivity index (χ0) is 27.3. The molecule has 0 radical (unpaired) electrons. The zero-order valence-electron chi connectivity index (χ0n) is 23.8. The largest absolute Gasteiger partial charge is 0.489 e. The van der Waals surface area contributed by atoms with Crippen molar-refractivity contribution in [3.8, 4) is 16.9 Å². The van der Waals surface area contributed by atoms with Gasteiger partial charge in [0.2, 0.25) is 5.91 Å². The molecule has 0 bridgehead atoms. The van der Waals surface area contributed by atoms with Crippen molar-refractivity contribution in [1.82, 2.24) is 14.7 Å². The molecule has 2 amide bonds. The van der Waals surface area contributed by atoms with Crippen LogP contribution in [-0.4, -0.2) is 57.5 Å². The highest BCUT2D eigenvalue weighted by Gasteiger charge is 2.39. The van der Waals surface area contributed by atoms with Crippen molar-refractivity contribution in [2.24, 2.45) is 5.92 Å². The molecule has 0 N–H and O–H groups in total. The molecule has 6 rings (SSSR count). The summed E-state index contributed by atoms with van der Waals surface area (Å²) in [4.78, 5) is 29.6. The molecule has 2 aromatic rings. The van der Waals surface area contributed by atoms with Crippen LogP contribution in [0, 0.1) is 5.92 Å². The van der Waals surface area contributed by atoms with Crippen LogP contribution in [0.5, 0.6) is 5.75 Å². The molecule has 1 unspecified atom stereocenters. The molecule has 2 aliphatic carbocycles. The van der Waals surface area contributed by atoms with Crippen LogP contribution in [0.25, 0.3) is 11.1 Å². The minimum atomic E-state index is -0.487. The molecule has 1 atom stereocenters. The summed E-state index contributed by atoms with van der Waals surface area (Å²) in [6, 6.07) is 4.70. The minimum Gasteiger partial charge on any atom is -0.489 e. The Morgan fingerprint density at radius 3 is 2.38 bits per heavy atom. The van der Waals surface area contributed by atoms with Gasteiger partial charge in [0.1, 0.15) is 11.4 Å². The molecule has 1 aromatic carbocycles. The lowest BCUT2D eigenvalue weighted by atomic mass is 9.91. The van der Waals surface area contributed by atoms with Crippen LogP contribution in [0.3, 0.4) is 0 Å². The summed E-state index contributed by atoms with van der Waals surface area (Å²) >= 11 is 0. The van der Waals surface area contributed by atoms with Gasteiger partial charge < -0.3 is 19.3 Å². The van der Waals surface area contributed by atoms with Crippen molar-refractivity contribution in [2.45, 2.75) is 109 Å². The lowest BCUT2D eigenvalue weighted by Gasteiger charge is -2.38. The lowest BCUT2D eigenvalue weighted by Crippen LogP contribution is -2.43. The van der Waals surface area contributed by atoms with Crippen molar-refractivity contribution in [3.05, 3.63) is 30.1 Å². The number of amides is 2. The maximum absolute atomic E-state index is 13.2. The van der Waals surface area contributed by atoms with Gasteiger partial charge in [0.05, 0.1) is 24.0 Å². The summed E-state index contributed by atoms with van der Waals surface area (Å²) in [5.41, 5.74) is 3.82. The SMILES string of the molecule is CC1CCc2c(ccc(-c3cnn(C4CCN(C(=O)OC(C)(C)C)CC4)c3)c2OC2CCC2)N1C(=O)C1CC1. The van der Waals surface area contributed by atoms with E-state index in [1.165, 1.54) is 12.0 Å². The average Bonchev–Trinajstić information content (AvgIpc) is 3.61. The zero-order valence-corrected chi connectivity index (χ0v) is 23.8. The van der Waals surface area contributed by atoms with Gasteiger partial charge in [-0.05, 0) is 97.6 Å². The van der Waals surface area contributed by atoms with Crippen molar-refractivity contribution in [2.75, 3.05) is 18.0 Å². The Kier molecular flexibility index (Phi) is 6.84. The fraction of sp³-hybridized carbons (Fsp3) is 0.645. The van der Waals surface area contributed by atoms with Crippen molar-refractivity contribution in [3.63, 3.8) is 0 Å². The third kappa shape index (κ3) is 5.39. The van der Waals surface area contributed by atoms with E-state index < -0.39 is 5.60 Å². The monoisotopic (exact) mass is 534 g/mol. The first kappa shape index (κ1) is 26.2. The maximum Gasteiger partial charge on any atom is 0.410 e. The highest BCUT2D eigenvalue weighted by Crippen LogP contribution is 2.46. The predicted octanol–water partition coefficient (Wildman–Crippen LogP) is 6.13. The number of aromatic nitrogens is 2. The molecule has 210 valence electrons. The summed E-state index contributed by atoms with van der Waals surface area (Å²) in [6.07, 6.45) is 13.0. The second-order valence-corrected chi connectivity index (χ2v) is 12.9. The van der Waals surface area contributed by atoms with E-state index in [9.17, 15) is 9.59 Å². The van der Waals surface area contributed by atoms with Gasteiger partial charge >= 0.3 is 6.09 Å². The molecule has 8 heteroatoms. The Balaban J connectivity index is 1.24. The number of carbonyl (C=O) groups excluding carboxylic acids is 2. The number of fused-ring (bicyclic) bond motifs is 1. The number of nitrogens with zero attached hydrogens (tertiary/aromatic N) is 4. The van der Waals surface area contributed by atoms with Gasteiger partial charge in [0.25, 0.3) is 0 Å². The molecular formula is C31H42N4O4. The van der Waals surface area contributed by atoms with Gasteiger partial charge in [-0.1, -0.05) is 0 Å². The van der Waals surface area contributed by atoms with Crippen LogP contribution >= 0.6 is 0 Å². The number of rotatable bonds is 5. The third-order valence-corrected chi connectivity index (χ3v) is 8.65. The highest BCUT2D eigenvalue weighted by molar-refractivity contribution is 5.99. The van der Waals surface area contributed by atoms with E-state index in [0.717, 1.165) is 73.9 Å². The summed E-state index contributed by atoms with van der Waals surface area (Å²) < 4.78 is 14.3. The van der Waals surface area contributed by atoms with E-state index >= 15 is 0 Å². The van der Waals surface area contributed by atoms with E-state index in [4.69, 9.17) is 14.6 Å². The van der Waals surface area contributed by atoms with Crippen LogP contribution in [0.4, 0.5) is 10.5 Å². The first-order valence-corrected chi connectivity index (χ1v) is 14.9. The van der Waals surface area contributed by atoms with Crippen LogP contribution in [0.15, 0.2) is 24.5 Å². The molecule has 2 aliphatic heterocycles. The number of anilines is 1. The quantitative estimate of drug-likeness (QED) is 0.461. The van der Waals surface area contributed by atoms with Gasteiger partial charge in [0, 0.05) is 47.9 Å². The van der Waals surface area contributed by atoms with Gasteiger partial charge in [-0.2, -0.15) is 5.10 Å². The van der Waals surface area contributed by atoms with Gasteiger partial charge in [-0.25, -0.2) is 4.79 Å². The number of ether oxygens (including phenoxy) is 2. The number of hydrogen-bond acceptors (Lipinski definition) is 5. The van der Waals surface area contributed by atoms with E-state index in [-0.39, 0.29) is 36.1 Å². The molecule has 3 fully saturated rings. The molecule has 3 heterocycles. The van der Waals surface area contributed by atoms with Gasteiger partial charge in [-0.3, -0.25) is 9.48 Å². The smallest absolute Gasteiger partial charge is 0.410 e. The minimum absolute atomic E-state index is 0.189. The van der Waals surface area contributed by atoms with Gasteiger partial charge in [0.15, 0.2) is 0 Å². The molecule has 1 saturated heterocycles. The van der Waals surface area contributed by atoms with E-state index in [2.05, 4.69) is 34.8 Å². The number of hydrogen-bond donors (Lipinski definition) is 0. The second kappa shape index (κ2) is 10.2. The maximum atomic E-state index is 13.2. The number of piperidine rings is 1. The molecule has 4 aliphatic rings. The van der Waals surface area contributed by atoms with E-state index in [1.807, 2.05) is 27.0 Å². The Hall–Kier alpha value is -3.03. The number of likely N-dealkylation sites (tertiary alicyclic amines) is 1. The summed E-state index contributed by atoms with van der Waals surface area (Å²) in [7, 11) is 0. The molecule has 0 spiro atoms. The summed E-state index contributed by atoms with van der Waals surface area (Å²) in [5, 5.41) is 4.76. The molecule has 2 saturated carbocycles. The summed E-state index contributed by atoms with van der Waals surface area (Å²) in [5.74, 6) is 1.40. The highest BCUT2D eigenvalue weighted by atomic mass is 16.6. The van der Waals surface area contributed by atoms with E-state index in [1.54, 1.807) is 4.90 Å².